The lowest BCUT2D eigenvalue weighted by Crippen LogP contribution is -2.13. The van der Waals surface area contributed by atoms with Gasteiger partial charge in [0, 0.05) is 12.1 Å². The Morgan fingerprint density at radius 2 is 1.84 bits per heavy atom. The van der Waals surface area contributed by atoms with Crippen LogP contribution in [-0.4, -0.2) is 0 Å². The molecule has 1 saturated carbocycles. The fourth-order valence-electron chi connectivity index (χ4n) is 2.85. The fraction of sp³-hybridized carbons (Fsp3) is 0.471. The maximum Gasteiger partial charge on any atom is 0.0968 e. The van der Waals surface area contributed by atoms with E-state index >= 15 is 0 Å². The van der Waals surface area contributed by atoms with Gasteiger partial charge in [0.2, 0.25) is 0 Å². The second-order valence-electron chi connectivity index (χ2n) is 5.49. The number of hydrogen-bond donors (Lipinski definition) is 1. The highest BCUT2D eigenvalue weighted by Gasteiger charge is 2.16. The molecule has 0 radical (unpaired) electrons. The summed E-state index contributed by atoms with van der Waals surface area (Å²) in [6.45, 7) is 0. The minimum absolute atomic E-state index is 0.663. The van der Waals surface area contributed by atoms with Crippen molar-refractivity contribution in [1.82, 2.24) is 0 Å². The van der Waals surface area contributed by atoms with Crippen molar-refractivity contribution >= 4 is 0 Å². The summed E-state index contributed by atoms with van der Waals surface area (Å²) < 4.78 is 0. The van der Waals surface area contributed by atoms with Crippen LogP contribution in [0.2, 0.25) is 0 Å². The first kappa shape index (κ1) is 13.7. The van der Waals surface area contributed by atoms with Gasteiger partial charge in [-0.2, -0.15) is 5.26 Å². The molecule has 1 fully saturated rings. The van der Waals surface area contributed by atoms with Crippen LogP contribution in [0.3, 0.4) is 0 Å². The third kappa shape index (κ3) is 4.13. The SMILES string of the molecule is N#C/C(Cc1ccccc1)=C(/N)CC1CCCCC1. The first-order valence-electron chi connectivity index (χ1n) is 7.21. The Hall–Kier alpha value is -1.75. The minimum atomic E-state index is 0.663. The van der Waals surface area contributed by atoms with Gasteiger partial charge in [-0.25, -0.2) is 0 Å². The van der Waals surface area contributed by atoms with Crippen molar-refractivity contribution in [2.24, 2.45) is 11.7 Å². The molecule has 1 aromatic rings. The standard InChI is InChI=1S/C17H22N2/c18-13-16(11-14-7-3-1-4-8-14)17(19)12-15-9-5-2-6-10-15/h1,3-4,7-8,15H,2,5-6,9-12,19H2/b17-16+. The summed E-state index contributed by atoms with van der Waals surface area (Å²) in [6, 6.07) is 12.4. The van der Waals surface area contributed by atoms with E-state index < -0.39 is 0 Å². The van der Waals surface area contributed by atoms with Gasteiger partial charge in [-0.1, -0.05) is 62.4 Å². The number of rotatable bonds is 4. The Kier molecular flexibility index (Phi) is 5.03. The van der Waals surface area contributed by atoms with Crippen LogP contribution in [0.15, 0.2) is 41.6 Å². The normalized spacial score (nSPS) is 17.6. The molecule has 0 heterocycles. The second kappa shape index (κ2) is 6.99. The lowest BCUT2D eigenvalue weighted by Gasteiger charge is -2.22. The average Bonchev–Trinajstić information content (AvgIpc) is 2.47. The number of hydrogen-bond acceptors (Lipinski definition) is 2. The van der Waals surface area contributed by atoms with Crippen LogP contribution in [0.25, 0.3) is 0 Å². The maximum atomic E-state index is 9.30. The van der Waals surface area contributed by atoms with Gasteiger partial charge in [0.1, 0.15) is 0 Å². The summed E-state index contributed by atoms with van der Waals surface area (Å²) in [5.74, 6) is 0.688. The van der Waals surface area contributed by atoms with E-state index in [1.807, 2.05) is 30.3 Å². The van der Waals surface area contributed by atoms with Crippen LogP contribution >= 0.6 is 0 Å². The minimum Gasteiger partial charge on any atom is -0.401 e. The lowest BCUT2D eigenvalue weighted by molar-refractivity contribution is 0.354. The smallest absolute Gasteiger partial charge is 0.0968 e. The van der Waals surface area contributed by atoms with E-state index in [4.69, 9.17) is 5.73 Å². The Labute approximate surface area is 115 Å². The Bertz CT molecular complexity index is 462. The van der Waals surface area contributed by atoms with Gasteiger partial charge >= 0.3 is 0 Å². The third-order valence-electron chi connectivity index (χ3n) is 3.98. The van der Waals surface area contributed by atoms with Crippen LogP contribution in [0.4, 0.5) is 0 Å². The van der Waals surface area contributed by atoms with Crippen LogP contribution < -0.4 is 5.73 Å². The molecular formula is C17H22N2. The predicted octanol–water partition coefficient (Wildman–Crippen LogP) is 3.94. The highest BCUT2D eigenvalue weighted by atomic mass is 14.6. The summed E-state index contributed by atoms with van der Waals surface area (Å²) in [7, 11) is 0. The van der Waals surface area contributed by atoms with E-state index in [2.05, 4.69) is 6.07 Å². The summed E-state index contributed by atoms with van der Waals surface area (Å²) in [5.41, 5.74) is 8.87. The van der Waals surface area contributed by atoms with Gasteiger partial charge in [-0.15, -0.1) is 0 Å². The monoisotopic (exact) mass is 254 g/mol. The van der Waals surface area contributed by atoms with Gasteiger partial charge in [-0.05, 0) is 17.9 Å². The molecule has 0 spiro atoms. The topological polar surface area (TPSA) is 49.8 Å². The Morgan fingerprint density at radius 3 is 2.47 bits per heavy atom. The molecule has 2 N–H and O–H groups in total. The highest BCUT2D eigenvalue weighted by Crippen LogP contribution is 2.28. The average molecular weight is 254 g/mol. The number of nitrogens with zero attached hydrogens (tertiary/aromatic N) is 1. The molecule has 0 aliphatic heterocycles. The van der Waals surface area contributed by atoms with Crippen molar-refractivity contribution in [2.75, 3.05) is 0 Å². The molecule has 19 heavy (non-hydrogen) atoms. The van der Waals surface area contributed by atoms with E-state index in [1.54, 1.807) is 0 Å². The maximum absolute atomic E-state index is 9.30. The Morgan fingerprint density at radius 1 is 1.16 bits per heavy atom. The van der Waals surface area contributed by atoms with Crippen molar-refractivity contribution in [3.8, 4) is 6.07 Å². The van der Waals surface area contributed by atoms with Crippen LogP contribution in [0.1, 0.15) is 44.1 Å². The van der Waals surface area contributed by atoms with E-state index in [0.29, 0.717) is 12.3 Å². The molecule has 0 atom stereocenters. The molecule has 0 saturated heterocycles. The molecule has 0 amide bonds. The van der Waals surface area contributed by atoms with Crippen LogP contribution in [0.5, 0.6) is 0 Å². The summed E-state index contributed by atoms with van der Waals surface area (Å²) in [5, 5.41) is 9.30. The highest BCUT2D eigenvalue weighted by molar-refractivity contribution is 5.33. The summed E-state index contributed by atoms with van der Waals surface area (Å²) in [6.07, 6.45) is 8.09. The van der Waals surface area contributed by atoms with Crippen molar-refractivity contribution in [3.63, 3.8) is 0 Å². The molecule has 1 aliphatic carbocycles. The van der Waals surface area contributed by atoms with Gasteiger partial charge in [0.15, 0.2) is 0 Å². The number of nitriles is 1. The van der Waals surface area contributed by atoms with Gasteiger partial charge in [0.25, 0.3) is 0 Å². The zero-order valence-electron chi connectivity index (χ0n) is 11.4. The van der Waals surface area contributed by atoms with Gasteiger partial charge in [-0.3, -0.25) is 0 Å². The van der Waals surface area contributed by atoms with Crippen molar-refractivity contribution in [1.29, 1.82) is 5.26 Å². The molecule has 1 aliphatic rings. The lowest BCUT2D eigenvalue weighted by atomic mass is 9.85. The molecule has 1 aromatic carbocycles. The zero-order chi connectivity index (χ0) is 13.5. The zero-order valence-corrected chi connectivity index (χ0v) is 11.4. The van der Waals surface area contributed by atoms with E-state index in [0.717, 1.165) is 23.3 Å². The molecular weight excluding hydrogens is 232 g/mol. The number of allylic oxidation sites excluding steroid dienone is 2. The van der Waals surface area contributed by atoms with Crippen LogP contribution in [0, 0.1) is 17.2 Å². The second-order valence-corrected chi connectivity index (χ2v) is 5.49. The first-order valence-corrected chi connectivity index (χ1v) is 7.21. The molecule has 0 aromatic heterocycles. The van der Waals surface area contributed by atoms with Crippen molar-refractivity contribution in [2.45, 2.75) is 44.9 Å². The molecule has 2 nitrogen and oxygen atoms in total. The third-order valence-corrected chi connectivity index (χ3v) is 3.98. The molecule has 100 valence electrons. The largest absolute Gasteiger partial charge is 0.401 e. The molecule has 0 unspecified atom stereocenters. The summed E-state index contributed by atoms with van der Waals surface area (Å²) in [4.78, 5) is 0. The first-order chi connectivity index (χ1) is 9.29. The molecule has 2 rings (SSSR count). The van der Waals surface area contributed by atoms with Gasteiger partial charge < -0.3 is 5.73 Å². The van der Waals surface area contributed by atoms with E-state index in [-0.39, 0.29) is 0 Å². The predicted molar refractivity (Wildman–Crippen MR) is 78.2 cm³/mol. The molecule has 0 bridgehead atoms. The number of benzene rings is 1. The Balaban J connectivity index is 2.02. The van der Waals surface area contributed by atoms with Gasteiger partial charge in [0.05, 0.1) is 11.6 Å². The van der Waals surface area contributed by atoms with Crippen molar-refractivity contribution in [3.05, 3.63) is 47.2 Å². The fourth-order valence-corrected chi connectivity index (χ4v) is 2.85. The quantitative estimate of drug-likeness (QED) is 0.827. The van der Waals surface area contributed by atoms with Crippen LogP contribution in [-0.2, 0) is 6.42 Å². The summed E-state index contributed by atoms with van der Waals surface area (Å²) >= 11 is 0. The number of nitrogens with two attached hydrogens (primary N) is 1. The molecule has 2 heteroatoms. The van der Waals surface area contributed by atoms with Crippen molar-refractivity contribution < 1.29 is 0 Å². The van der Waals surface area contributed by atoms with E-state index in [1.165, 1.54) is 32.1 Å². The van der Waals surface area contributed by atoms with E-state index in [9.17, 15) is 5.26 Å².